The molecule has 0 atom stereocenters. The minimum atomic E-state index is 0. The third-order valence-electron chi connectivity index (χ3n) is 1.21. The second kappa shape index (κ2) is 10.6. The van der Waals surface area contributed by atoms with Gasteiger partial charge in [0.1, 0.15) is 0 Å². The second-order valence-corrected chi connectivity index (χ2v) is 2.06. The van der Waals surface area contributed by atoms with Crippen molar-refractivity contribution in [2.24, 2.45) is 0 Å². The Bertz CT molecular complexity index is 23.6. The van der Waals surface area contributed by atoms with Crippen molar-refractivity contribution in [1.29, 1.82) is 0 Å². The van der Waals surface area contributed by atoms with E-state index in [0.29, 0.717) is 0 Å². The molecule has 0 aliphatic carbocycles. The van der Waals surface area contributed by atoms with Crippen LogP contribution in [0.3, 0.4) is 0 Å². The normalized spacial score (nSPS) is 8.25. The van der Waals surface area contributed by atoms with Crippen molar-refractivity contribution < 1.29 is 19.5 Å². The summed E-state index contributed by atoms with van der Waals surface area (Å²) in [6, 6.07) is 0. The maximum absolute atomic E-state index is 2.25. The standard InChI is InChI=1S/C7H16.Zn/c1-3-5-7-6-4-2;/h3-7H2,1-2H3;. The van der Waals surface area contributed by atoms with Crippen molar-refractivity contribution in [2.75, 3.05) is 0 Å². The molecule has 46 valence electrons. The van der Waals surface area contributed by atoms with Crippen LogP contribution in [-0.2, 0) is 19.5 Å². The molecule has 0 heterocycles. The maximum Gasteiger partial charge on any atom is 0 e. The molecule has 0 amide bonds. The van der Waals surface area contributed by atoms with Gasteiger partial charge in [-0.2, -0.15) is 0 Å². The summed E-state index contributed by atoms with van der Waals surface area (Å²) in [4.78, 5) is 0. The molecule has 0 aromatic carbocycles. The Hall–Kier alpha value is 0.623. The first-order valence-electron chi connectivity index (χ1n) is 3.41. The molecule has 0 aliphatic rings. The Morgan fingerprint density at radius 3 is 1.38 bits per heavy atom. The van der Waals surface area contributed by atoms with Gasteiger partial charge >= 0.3 is 0 Å². The molecule has 1 heteroatoms. The Labute approximate surface area is 65.8 Å². The van der Waals surface area contributed by atoms with Crippen molar-refractivity contribution >= 4 is 0 Å². The number of hydrogen-bond donors (Lipinski definition) is 0. The molecule has 0 aliphatic heterocycles. The monoisotopic (exact) mass is 164 g/mol. The summed E-state index contributed by atoms with van der Waals surface area (Å²) in [6.45, 7) is 4.49. The predicted octanol–water partition coefficient (Wildman–Crippen LogP) is 2.97. The smallest absolute Gasteiger partial charge is 0 e. The number of unbranched alkanes of at least 4 members (excludes halogenated alkanes) is 4. The zero-order valence-corrected chi connectivity index (χ0v) is 9.21. The molecule has 0 spiro atoms. The van der Waals surface area contributed by atoms with Crippen molar-refractivity contribution in [1.82, 2.24) is 0 Å². The fraction of sp³-hybridized carbons (Fsp3) is 1.00. The first kappa shape index (κ1) is 11.4. The summed E-state index contributed by atoms with van der Waals surface area (Å²) in [5, 5.41) is 0. The van der Waals surface area contributed by atoms with Gasteiger partial charge in [0, 0.05) is 19.5 Å². The third-order valence-corrected chi connectivity index (χ3v) is 1.21. The van der Waals surface area contributed by atoms with Gasteiger partial charge in [0.2, 0.25) is 0 Å². The van der Waals surface area contributed by atoms with Gasteiger partial charge in [-0.1, -0.05) is 46.0 Å². The molecule has 0 rings (SSSR count). The van der Waals surface area contributed by atoms with Crippen molar-refractivity contribution in [3.8, 4) is 0 Å². The quantitative estimate of drug-likeness (QED) is 0.444. The van der Waals surface area contributed by atoms with E-state index < -0.39 is 0 Å². The molecule has 0 saturated heterocycles. The fourth-order valence-electron chi connectivity index (χ4n) is 0.677. The summed E-state index contributed by atoms with van der Waals surface area (Å²) in [6.07, 6.45) is 7.01. The van der Waals surface area contributed by atoms with Crippen molar-refractivity contribution in [2.45, 2.75) is 46.0 Å². The summed E-state index contributed by atoms with van der Waals surface area (Å²) in [7, 11) is 0. The van der Waals surface area contributed by atoms with Crippen LogP contribution in [0.5, 0.6) is 0 Å². The van der Waals surface area contributed by atoms with Crippen LogP contribution in [0.4, 0.5) is 0 Å². The zero-order valence-electron chi connectivity index (χ0n) is 6.24. The molecule has 8 heavy (non-hydrogen) atoms. The fourth-order valence-corrected chi connectivity index (χ4v) is 0.677. The minimum Gasteiger partial charge on any atom is -0.0654 e. The molecule has 0 aromatic heterocycles. The zero-order chi connectivity index (χ0) is 5.54. The maximum atomic E-state index is 2.25. The van der Waals surface area contributed by atoms with E-state index in [2.05, 4.69) is 13.8 Å². The van der Waals surface area contributed by atoms with E-state index in [0.717, 1.165) is 0 Å². The SMILES string of the molecule is CCCCCCC.[Zn]. The Kier molecular flexibility index (Phi) is 15.1. The van der Waals surface area contributed by atoms with Gasteiger partial charge in [0.05, 0.1) is 0 Å². The Morgan fingerprint density at radius 2 is 1.12 bits per heavy atom. The topological polar surface area (TPSA) is 0 Å². The van der Waals surface area contributed by atoms with Crippen LogP contribution >= 0.6 is 0 Å². The molecule has 0 nitrogen and oxygen atoms in total. The van der Waals surface area contributed by atoms with E-state index in [1.807, 2.05) is 0 Å². The molecular weight excluding hydrogens is 149 g/mol. The second-order valence-electron chi connectivity index (χ2n) is 2.06. The Balaban J connectivity index is 0. The van der Waals surface area contributed by atoms with Crippen LogP contribution in [0.25, 0.3) is 0 Å². The molecule has 0 fully saturated rings. The largest absolute Gasteiger partial charge is 0.0654 e. The summed E-state index contributed by atoms with van der Waals surface area (Å²) in [5.74, 6) is 0. The molecule has 0 bridgehead atoms. The molecule has 0 unspecified atom stereocenters. The van der Waals surface area contributed by atoms with Gasteiger partial charge in [0.15, 0.2) is 0 Å². The Morgan fingerprint density at radius 1 is 0.750 bits per heavy atom. The molecule has 0 N–H and O–H groups in total. The minimum absolute atomic E-state index is 0. The van der Waals surface area contributed by atoms with Crippen LogP contribution in [-0.4, -0.2) is 0 Å². The summed E-state index contributed by atoms with van der Waals surface area (Å²) in [5.41, 5.74) is 0. The third kappa shape index (κ3) is 9.80. The van der Waals surface area contributed by atoms with E-state index >= 15 is 0 Å². The van der Waals surface area contributed by atoms with Gasteiger partial charge in [-0.25, -0.2) is 0 Å². The summed E-state index contributed by atoms with van der Waals surface area (Å²) >= 11 is 0. The first-order valence-corrected chi connectivity index (χ1v) is 3.41. The van der Waals surface area contributed by atoms with Crippen LogP contribution in [0.2, 0.25) is 0 Å². The first-order chi connectivity index (χ1) is 3.41. The van der Waals surface area contributed by atoms with E-state index in [1.165, 1.54) is 32.1 Å². The van der Waals surface area contributed by atoms with E-state index in [-0.39, 0.29) is 19.5 Å². The van der Waals surface area contributed by atoms with E-state index in [9.17, 15) is 0 Å². The van der Waals surface area contributed by atoms with Crippen molar-refractivity contribution in [3.05, 3.63) is 0 Å². The molecule has 0 saturated carbocycles. The molecule has 0 radical (unpaired) electrons. The van der Waals surface area contributed by atoms with Gasteiger partial charge in [-0.3, -0.25) is 0 Å². The number of hydrogen-bond acceptors (Lipinski definition) is 0. The van der Waals surface area contributed by atoms with Gasteiger partial charge in [-0.15, -0.1) is 0 Å². The summed E-state index contributed by atoms with van der Waals surface area (Å²) < 4.78 is 0. The average molecular weight is 166 g/mol. The van der Waals surface area contributed by atoms with E-state index in [4.69, 9.17) is 0 Å². The van der Waals surface area contributed by atoms with E-state index in [1.54, 1.807) is 0 Å². The van der Waals surface area contributed by atoms with Crippen LogP contribution < -0.4 is 0 Å². The van der Waals surface area contributed by atoms with Crippen molar-refractivity contribution in [3.63, 3.8) is 0 Å². The van der Waals surface area contributed by atoms with Crippen LogP contribution in [0.15, 0.2) is 0 Å². The average Bonchev–Trinajstić information content (AvgIpc) is 1.69. The van der Waals surface area contributed by atoms with Gasteiger partial charge in [0.25, 0.3) is 0 Å². The predicted molar refractivity (Wildman–Crippen MR) is 34.4 cm³/mol. The number of rotatable bonds is 4. The van der Waals surface area contributed by atoms with Crippen LogP contribution in [0.1, 0.15) is 46.0 Å². The molecular formula is C7H16Zn. The van der Waals surface area contributed by atoms with Gasteiger partial charge < -0.3 is 0 Å². The van der Waals surface area contributed by atoms with Crippen LogP contribution in [0, 0.1) is 0 Å². The van der Waals surface area contributed by atoms with Gasteiger partial charge in [-0.05, 0) is 0 Å². The molecule has 0 aromatic rings.